The predicted molar refractivity (Wildman–Crippen MR) is 63.1 cm³/mol. The summed E-state index contributed by atoms with van der Waals surface area (Å²) in [5.74, 6) is -0.409. The highest BCUT2D eigenvalue weighted by Gasteiger charge is 2.09. The summed E-state index contributed by atoms with van der Waals surface area (Å²) < 4.78 is 4.62. The first-order chi connectivity index (χ1) is 7.61. The van der Waals surface area contributed by atoms with Gasteiger partial charge in [0, 0.05) is 5.39 Å². The van der Waals surface area contributed by atoms with Gasteiger partial charge in [-0.15, -0.1) is 0 Å². The number of esters is 1. The first kappa shape index (κ1) is 11.2. The fraction of sp³-hybridized carbons (Fsp3) is 0.0909. The molecule has 1 aromatic carbocycles. The zero-order chi connectivity index (χ0) is 11.7. The molecule has 0 amide bonds. The van der Waals surface area contributed by atoms with Crippen LogP contribution in [0.4, 0.5) is 0 Å². The molecule has 0 aliphatic heterocycles. The van der Waals surface area contributed by atoms with Crippen molar-refractivity contribution in [3.8, 4) is 0 Å². The van der Waals surface area contributed by atoms with Gasteiger partial charge in [0.15, 0.2) is 0 Å². The summed E-state index contributed by atoms with van der Waals surface area (Å²) in [5, 5.41) is 1.46. The van der Waals surface area contributed by atoms with Gasteiger partial charge in [0.05, 0.1) is 23.2 Å². The Morgan fingerprint density at radius 1 is 1.31 bits per heavy atom. The third-order valence-corrected chi connectivity index (χ3v) is 2.65. The average molecular weight is 256 g/mol. The number of aromatic nitrogens is 1. The second-order valence-electron chi connectivity index (χ2n) is 3.15. The highest BCUT2D eigenvalue weighted by atomic mass is 35.5. The molecular weight excluding hydrogens is 249 g/mol. The van der Waals surface area contributed by atoms with E-state index in [1.807, 2.05) is 0 Å². The Balaban J connectivity index is 2.66. The second-order valence-corrected chi connectivity index (χ2v) is 3.94. The smallest absolute Gasteiger partial charge is 0.337 e. The van der Waals surface area contributed by atoms with Gasteiger partial charge in [-0.2, -0.15) is 0 Å². The van der Waals surface area contributed by atoms with Crippen molar-refractivity contribution in [2.24, 2.45) is 0 Å². The van der Waals surface area contributed by atoms with Crippen molar-refractivity contribution < 1.29 is 9.53 Å². The highest BCUT2D eigenvalue weighted by Crippen LogP contribution is 2.26. The zero-order valence-electron chi connectivity index (χ0n) is 8.33. The van der Waals surface area contributed by atoms with E-state index in [9.17, 15) is 4.79 Å². The van der Waals surface area contributed by atoms with E-state index in [4.69, 9.17) is 23.2 Å². The van der Waals surface area contributed by atoms with Gasteiger partial charge in [-0.25, -0.2) is 9.78 Å². The lowest BCUT2D eigenvalue weighted by molar-refractivity contribution is 0.0601. The van der Waals surface area contributed by atoms with Crippen LogP contribution in [0, 0.1) is 0 Å². The van der Waals surface area contributed by atoms with Crippen molar-refractivity contribution in [1.82, 2.24) is 4.98 Å². The number of methoxy groups -OCH3 is 1. The van der Waals surface area contributed by atoms with Gasteiger partial charge in [0.1, 0.15) is 5.15 Å². The number of rotatable bonds is 1. The van der Waals surface area contributed by atoms with Crippen LogP contribution in [-0.2, 0) is 4.74 Å². The second kappa shape index (κ2) is 4.28. The van der Waals surface area contributed by atoms with Gasteiger partial charge < -0.3 is 4.74 Å². The summed E-state index contributed by atoms with van der Waals surface area (Å²) in [5.41, 5.74) is 1.08. The molecule has 3 nitrogen and oxygen atoms in total. The number of carbonyl (C=O) groups excluding carboxylic acids is 1. The molecule has 0 aliphatic rings. The molecular formula is C11H7Cl2NO2. The standard InChI is InChI=1S/C11H7Cl2NO2/c1-16-11(15)6-2-3-9-7(4-6)8(12)5-10(13)14-9/h2-5H,1H3. The SMILES string of the molecule is COC(=O)c1ccc2nc(Cl)cc(Cl)c2c1. The van der Waals surface area contributed by atoms with Gasteiger partial charge in [-0.3, -0.25) is 0 Å². The minimum absolute atomic E-state index is 0.323. The molecule has 0 atom stereocenters. The quantitative estimate of drug-likeness (QED) is 0.580. The maximum atomic E-state index is 11.3. The molecule has 0 aliphatic carbocycles. The van der Waals surface area contributed by atoms with E-state index >= 15 is 0 Å². The number of carbonyl (C=O) groups is 1. The minimum atomic E-state index is -0.409. The molecule has 0 fully saturated rings. The van der Waals surface area contributed by atoms with Crippen molar-refractivity contribution in [3.63, 3.8) is 0 Å². The summed E-state index contributed by atoms with van der Waals surface area (Å²) in [6.07, 6.45) is 0. The summed E-state index contributed by atoms with van der Waals surface area (Å²) in [4.78, 5) is 15.4. The number of halogens is 2. The van der Waals surface area contributed by atoms with Gasteiger partial charge in [0.2, 0.25) is 0 Å². The topological polar surface area (TPSA) is 39.2 Å². The van der Waals surface area contributed by atoms with Crippen LogP contribution in [0.25, 0.3) is 10.9 Å². The van der Waals surface area contributed by atoms with Crippen LogP contribution in [0.15, 0.2) is 24.3 Å². The maximum Gasteiger partial charge on any atom is 0.337 e. The number of hydrogen-bond donors (Lipinski definition) is 0. The fourth-order valence-electron chi connectivity index (χ4n) is 1.40. The number of fused-ring (bicyclic) bond motifs is 1. The lowest BCUT2D eigenvalue weighted by Gasteiger charge is -2.03. The van der Waals surface area contributed by atoms with Crippen molar-refractivity contribution in [2.45, 2.75) is 0 Å². The van der Waals surface area contributed by atoms with E-state index in [1.165, 1.54) is 13.2 Å². The van der Waals surface area contributed by atoms with Crippen LogP contribution in [0.3, 0.4) is 0 Å². The Kier molecular flexibility index (Phi) is 2.99. The monoisotopic (exact) mass is 255 g/mol. The van der Waals surface area contributed by atoms with Crippen LogP contribution >= 0.6 is 23.2 Å². The Hall–Kier alpha value is -1.32. The molecule has 0 N–H and O–H groups in total. The molecule has 0 saturated heterocycles. The number of ether oxygens (including phenoxy) is 1. The Morgan fingerprint density at radius 2 is 2.06 bits per heavy atom. The Labute approximate surface area is 102 Å². The molecule has 0 spiro atoms. The summed E-state index contributed by atoms with van der Waals surface area (Å²) in [7, 11) is 1.33. The summed E-state index contributed by atoms with van der Waals surface area (Å²) >= 11 is 11.8. The lowest BCUT2D eigenvalue weighted by Crippen LogP contribution is -2.00. The lowest BCUT2D eigenvalue weighted by atomic mass is 10.1. The molecule has 1 aromatic heterocycles. The molecule has 2 rings (SSSR count). The van der Waals surface area contributed by atoms with Gasteiger partial charge in [0.25, 0.3) is 0 Å². The number of pyridine rings is 1. The molecule has 16 heavy (non-hydrogen) atoms. The molecule has 0 radical (unpaired) electrons. The zero-order valence-corrected chi connectivity index (χ0v) is 9.84. The summed E-state index contributed by atoms with van der Waals surface area (Å²) in [6, 6.07) is 6.46. The van der Waals surface area contributed by atoms with Crippen molar-refractivity contribution in [3.05, 3.63) is 40.0 Å². The van der Waals surface area contributed by atoms with Gasteiger partial charge >= 0.3 is 5.97 Å². The van der Waals surface area contributed by atoms with Crippen LogP contribution in [-0.4, -0.2) is 18.1 Å². The van der Waals surface area contributed by atoms with E-state index in [2.05, 4.69) is 9.72 Å². The van der Waals surface area contributed by atoms with E-state index in [-0.39, 0.29) is 0 Å². The van der Waals surface area contributed by atoms with Gasteiger partial charge in [-0.05, 0) is 24.3 Å². The normalized spacial score (nSPS) is 10.4. The van der Waals surface area contributed by atoms with E-state index < -0.39 is 5.97 Å². The van der Waals surface area contributed by atoms with Crippen molar-refractivity contribution in [2.75, 3.05) is 7.11 Å². The predicted octanol–water partition coefficient (Wildman–Crippen LogP) is 3.33. The highest BCUT2D eigenvalue weighted by molar-refractivity contribution is 6.37. The maximum absolute atomic E-state index is 11.3. The van der Waals surface area contributed by atoms with E-state index in [0.717, 1.165) is 0 Å². The Morgan fingerprint density at radius 3 is 2.75 bits per heavy atom. The first-order valence-electron chi connectivity index (χ1n) is 4.46. The van der Waals surface area contributed by atoms with Crippen LogP contribution < -0.4 is 0 Å². The molecule has 5 heteroatoms. The van der Waals surface area contributed by atoms with Crippen LogP contribution in [0.2, 0.25) is 10.2 Å². The fourth-order valence-corrected chi connectivity index (χ4v) is 1.91. The number of nitrogens with zero attached hydrogens (tertiary/aromatic N) is 1. The third-order valence-electron chi connectivity index (χ3n) is 2.15. The Bertz CT molecular complexity index is 569. The van der Waals surface area contributed by atoms with Crippen LogP contribution in [0.1, 0.15) is 10.4 Å². The number of benzene rings is 1. The molecule has 0 unspecified atom stereocenters. The first-order valence-corrected chi connectivity index (χ1v) is 5.21. The van der Waals surface area contributed by atoms with Crippen LogP contribution in [0.5, 0.6) is 0 Å². The van der Waals surface area contributed by atoms with Crippen molar-refractivity contribution in [1.29, 1.82) is 0 Å². The average Bonchev–Trinajstić information content (AvgIpc) is 2.27. The minimum Gasteiger partial charge on any atom is -0.465 e. The van der Waals surface area contributed by atoms with Crippen molar-refractivity contribution >= 4 is 40.1 Å². The molecule has 0 saturated carbocycles. The largest absolute Gasteiger partial charge is 0.465 e. The third kappa shape index (κ3) is 1.96. The molecule has 1 heterocycles. The van der Waals surface area contributed by atoms with E-state index in [1.54, 1.807) is 18.2 Å². The number of hydrogen-bond acceptors (Lipinski definition) is 3. The molecule has 82 valence electrons. The van der Waals surface area contributed by atoms with E-state index in [0.29, 0.717) is 26.6 Å². The summed E-state index contributed by atoms with van der Waals surface area (Å²) in [6.45, 7) is 0. The molecule has 0 bridgehead atoms. The van der Waals surface area contributed by atoms with Gasteiger partial charge in [-0.1, -0.05) is 23.2 Å². The molecule has 2 aromatic rings.